The van der Waals surface area contributed by atoms with Crippen molar-refractivity contribution >= 4 is 11.9 Å². The summed E-state index contributed by atoms with van der Waals surface area (Å²) in [5.74, 6) is -1.12. The molecule has 46 valence electrons. The van der Waals surface area contributed by atoms with E-state index in [0.29, 0.717) is 0 Å². The molecule has 8 heavy (non-hydrogen) atoms. The molecule has 0 aromatic rings. The first-order valence-corrected chi connectivity index (χ1v) is 1.82. The molecule has 4 heteroatoms. The molecule has 0 saturated carbocycles. The summed E-state index contributed by atoms with van der Waals surface area (Å²) in [6.07, 6.45) is 0. The first-order chi connectivity index (χ1) is 3.13. The van der Waals surface area contributed by atoms with Crippen molar-refractivity contribution in [1.82, 2.24) is 0 Å². The van der Waals surface area contributed by atoms with E-state index in [9.17, 15) is 9.59 Å². The van der Waals surface area contributed by atoms with Gasteiger partial charge in [0, 0.05) is 13.8 Å². The minimum Gasteiger partial charge on any atom is -0.394 e. The van der Waals surface area contributed by atoms with Crippen LogP contribution in [0.4, 0.5) is 0 Å². The molecule has 0 amide bonds. The number of carbonyl (C=O) groups is 2. The maximum atomic E-state index is 9.81. The van der Waals surface area contributed by atoms with Crippen molar-refractivity contribution in [2.45, 2.75) is 13.8 Å². The third-order valence-electron chi connectivity index (χ3n) is 0.287. The molecule has 0 fully saturated rings. The monoisotopic (exact) mass is 295 g/mol. The van der Waals surface area contributed by atoms with E-state index in [1.807, 2.05) is 0 Å². The van der Waals surface area contributed by atoms with Crippen molar-refractivity contribution in [2.24, 2.45) is 0 Å². The van der Waals surface area contributed by atoms with Gasteiger partial charge in [0.1, 0.15) is 0 Å². The molecule has 0 unspecified atom stereocenters. The van der Waals surface area contributed by atoms with Crippen molar-refractivity contribution in [1.29, 1.82) is 0 Å². The molecule has 0 aliphatic rings. The van der Waals surface area contributed by atoms with Crippen LogP contribution in [-0.4, -0.2) is 11.9 Å². The molecule has 3 nitrogen and oxygen atoms in total. The Labute approximate surface area is 60.7 Å². The Bertz CT molecular complexity index is 87.5. The van der Waals surface area contributed by atoms with E-state index in [1.165, 1.54) is 13.8 Å². The molecule has 0 saturated heterocycles. The Balaban J connectivity index is 0. The molecule has 0 heterocycles. The number of carbonyl (C=O) groups excluding carboxylic acids is 2. The second kappa shape index (κ2) is 4.94. The minimum atomic E-state index is -0.562. The van der Waals surface area contributed by atoms with Gasteiger partial charge in [0.2, 0.25) is 0 Å². The standard InChI is InChI=1S/C4H6O3.Ir/c1-3(5)7-4(2)6;/h1-2H3;/q;+3. The minimum absolute atomic E-state index is 0. The van der Waals surface area contributed by atoms with Crippen LogP contribution in [0, 0.1) is 0 Å². The van der Waals surface area contributed by atoms with Crippen molar-refractivity contribution in [3.05, 3.63) is 0 Å². The predicted octanol–water partition coefficient (Wildman–Crippen LogP) is 0.0935. The second-order valence-electron chi connectivity index (χ2n) is 1.09. The van der Waals surface area contributed by atoms with Gasteiger partial charge in [-0.15, -0.1) is 0 Å². The average Bonchev–Trinajstić information content (AvgIpc) is 1.27. The van der Waals surface area contributed by atoms with E-state index in [4.69, 9.17) is 0 Å². The van der Waals surface area contributed by atoms with Gasteiger partial charge >= 0.3 is 32.0 Å². The first-order valence-electron chi connectivity index (χ1n) is 1.82. The SMILES string of the molecule is CC(=O)OC(C)=O.[Ir+3]. The van der Waals surface area contributed by atoms with E-state index in [0.717, 1.165) is 0 Å². The van der Waals surface area contributed by atoms with Crippen LogP contribution >= 0.6 is 0 Å². The van der Waals surface area contributed by atoms with E-state index in [1.54, 1.807) is 0 Å². The molecule has 0 rings (SSSR count). The summed E-state index contributed by atoms with van der Waals surface area (Å²) in [7, 11) is 0. The Morgan fingerprint density at radius 1 is 1.12 bits per heavy atom. The molecule has 0 aromatic carbocycles. The Kier molecular flexibility index (Phi) is 6.61. The molecule has 0 atom stereocenters. The van der Waals surface area contributed by atoms with Crippen molar-refractivity contribution in [2.75, 3.05) is 0 Å². The van der Waals surface area contributed by atoms with Crippen LogP contribution in [0.15, 0.2) is 0 Å². The van der Waals surface area contributed by atoms with Crippen molar-refractivity contribution in [3.8, 4) is 0 Å². The zero-order valence-corrected chi connectivity index (χ0v) is 6.95. The molecule has 0 N–H and O–H groups in total. The summed E-state index contributed by atoms with van der Waals surface area (Å²) >= 11 is 0. The zero-order chi connectivity index (χ0) is 5.86. The maximum absolute atomic E-state index is 9.81. The second-order valence-corrected chi connectivity index (χ2v) is 1.09. The topological polar surface area (TPSA) is 43.4 Å². The third-order valence-corrected chi connectivity index (χ3v) is 0.287. The molecule has 0 radical (unpaired) electrons. The molecular formula is C4H6IrO3+3. The quantitative estimate of drug-likeness (QED) is 0.470. The summed E-state index contributed by atoms with van der Waals surface area (Å²) in [5.41, 5.74) is 0. The van der Waals surface area contributed by atoms with Gasteiger partial charge in [-0.3, -0.25) is 9.59 Å². The van der Waals surface area contributed by atoms with Gasteiger partial charge in [0.15, 0.2) is 0 Å². The molecule has 0 aliphatic heterocycles. The summed E-state index contributed by atoms with van der Waals surface area (Å²) < 4.78 is 3.97. The van der Waals surface area contributed by atoms with Crippen LogP contribution in [-0.2, 0) is 34.4 Å². The van der Waals surface area contributed by atoms with E-state index in [2.05, 4.69) is 4.74 Å². The normalized spacial score (nSPS) is 6.75. The fourth-order valence-electron chi connectivity index (χ4n) is 0.202. The number of rotatable bonds is 0. The number of hydrogen-bond donors (Lipinski definition) is 0. The first kappa shape index (κ1) is 10.7. The van der Waals surface area contributed by atoms with E-state index >= 15 is 0 Å². The Hall–Kier alpha value is -0.211. The van der Waals surface area contributed by atoms with Gasteiger partial charge in [-0.2, -0.15) is 0 Å². The Morgan fingerprint density at radius 3 is 1.38 bits per heavy atom. The van der Waals surface area contributed by atoms with Crippen LogP contribution in [0.5, 0.6) is 0 Å². The summed E-state index contributed by atoms with van der Waals surface area (Å²) in [5, 5.41) is 0. The van der Waals surface area contributed by atoms with Gasteiger partial charge in [0.25, 0.3) is 0 Å². The summed E-state index contributed by atoms with van der Waals surface area (Å²) in [4.78, 5) is 19.6. The smallest absolute Gasteiger partial charge is 0.394 e. The fraction of sp³-hybridized carbons (Fsp3) is 0.500. The van der Waals surface area contributed by atoms with Crippen LogP contribution in [0.25, 0.3) is 0 Å². The number of hydrogen-bond acceptors (Lipinski definition) is 3. The maximum Gasteiger partial charge on any atom is 3.00 e. The van der Waals surface area contributed by atoms with Crippen molar-refractivity contribution in [3.63, 3.8) is 0 Å². The molecule has 0 bridgehead atoms. The van der Waals surface area contributed by atoms with Gasteiger partial charge in [-0.25, -0.2) is 0 Å². The van der Waals surface area contributed by atoms with Crippen LogP contribution in [0.2, 0.25) is 0 Å². The van der Waals surface area contributed by atoms with Crippen LogP contribution < -0.4 is 0 Å². The number of ether oxygens (including phenoxy) is 1. The number of esters is 2. The Morgan fingerprint density at radius 2 is 1.38 bits per heavy atom. The largest absolute Gasteiger partial charge is 3.00 e. The molecular weight excluding hydrogens is 288 g/mol. The average molecular weight is 294 g/mol. The summed E-state index contributed by atoms with van der Waals surface area (Å²) in [6.45, 7) is 2.36. The van der Waals surface area contributed by atoms with E-state index < -0.39 is 11.9 Å². The van der Waals surface area contributed by atoms with Gasteiger partial charge in [-0.05, 0) is 0 Å². The van der Waals surface area contributed by atoms with Gasteiger partial charge < -0.3 is 4.74 Å². The summed E-state index contributed by atoms with van der Waals surface area (Å²) in [6, 6.07) is 0. The van der Waals surface area contributed by atoms with Crippen LogP contribution in [0.3, 0.4) is 0 Å². The molecule has 0 spiro atoms. The fourth-order valence-corrected chi connectivity index (χ4v) is 0.202. The molecule has 0 aliphatic carbocycles. The molecule has 0 aromatic heterocycles. The van der Waals surface area contributed by atoms with E-state index in [-0.39, 0.29) is 20.1 Å². The zero-order valence-electron chi connectivity index (χ0n) is 4.56. The van der Waals surface area contributed by atoms with Gasteiger partial charge in [-0.1, -0.05) is 0 Å². The third kappa shape index (κ3) is 9.25. The van der Waals surface area contributed by atoms with Crippen LogP contribution in [0.1, 0.15) is 13.8 Å². The predicted molar refractivity (Wildman–Crippen MR) is 22.4 cm³/mol. The van der Waals surface area contributed by atoms with Gasteiger partial charge in [0.05, 0.1) is 0 Å². The van der Waals surface area contributed by atoms with Crippen molar-refractivity contribution < 1.29 is 34.4 Å².